The first kappa shape index (κ1) is 10.5. The van der Waals surface area contributed by atoms with Gasteiger partial charge in [-0.15, -0.1) is 12.3 Å². The number of rotatable bonds is 7. The van der Waals surface area contributed by atoms with Crippen molar-refractivity contribution >= 4 is 0 Å². The summed E-state index contributed by atoms with van der Waals surface area (Å²) in [6.07, 6.45) is 7.80. The van der Waals surface area contributed by atoms with Crippen molar-refractivity contribution in [2.45, 2.75) is 26.2 Å². The summed E-state index contributed by atoms with van der Waals surface area (Å²) in [5.41, 5.74) is 0. The van der Waals surface area contributed by atoms with E-state index >= 15 is 0 Å². The molecule has 0 bridgehead atoms. The van der Waals surface area contributed by atoms with Crippen LogP contribution in [0.3, 0.4) is 0 Å². The van der Waals surface area contributed by atoms with E-state index < -0.39 is 0 Å². The topological polar surface area (TPSA) is 18.5 Å². The third kappa shape index (κ3) is 9.48. The maximum atomic E-state index is 5.12. The van der Waals surface area contributed by atoms with Gasteiger partial charge in [-0.25, -0.2) is 0 Å². The van der Waals surface area contributed by atoms with Gasteiger partial charge in [0.25, 0.3) is 0 Å². The summed E-state index contributed by atoms with van der Waals surface area (Å²) in [7, 11) is 0. The predicted octanol–water partition coefficient (Wildman–Crippen LogP) is 1.80. The van der Waals surface area contributed by atoms with Crippen molar-refractivity contribution in [1.29, 1.82) is 0 Å². The normalized spacial score (nSPS) is 9.45. The molecule has 0 aromatic heterocycles. The number of unbranched alkanes of at least 4 members (excludes halogenated alkanes) is 1. The van der Waals surface area contributed by atoms with E-state index in [0.29, 0.717) is 13.4 Å². The summed E-state index contributed by atoms with van der Waals surface area (Å²) in [5, 5.41) is 0. The molecule has 0 fully saturated rings. The van der Waals surface area contributed by atoms with E-state index in [9.17, 15) is 0 Å². The van der Waals surface area contributed by atoms with Gasteiger partial charge in [0.1, 0.15) is 6.79 Å². The highest BCUT2D eigenvalue weighted by atomic mass is 16.7. The Morgan fingerprint density at radius 2 is 2.00 bits per heavy atom. The summed E-state index contributed by atoms with van der Waals surface area (Å²) in [6, 6.07) is 0. The Hall–Kier alpha value is -0.520. The van der Waals surface area contributed by atoms with Crippen LogP contribution < -0.4 is 0 Å². The van der Waals surface area contributed by atoms with Crippen LogP contribution in [0.2, 0.25) is 0 Å². The predicted molar refractivity (Wildman–Crippen MR) is 45.1 cm³/mol. The van der Waals surface area contributed by atoms with Crippen LogP contribution in [-0.4, -0.2) is 20.0 Å². The Bertz CT molecular complexity index is 105. The Labute approximate surface area is 68.9 Å². The fourth-order valence-corrected chi connectivity index (χ4v) is 0.597. The first-order valence-electron chi connectivity index (χ1n) is 4.00. The molecule has 11 heavy (non-hydrogen) atoms. The summed E-state index contributed by atoms with van der Waals surface area (Å²) in [4.78, 5) is 0. The van der Waals surface area contributed by atoms with Crippen molar-refractivity contribution in [3.05, 3.63) is 0 Å². The van der Waals surface area contributed by atoms with Gasteiger partial charge >= 0.3 is 0 Å². The van der Waals surface area contributed by atoms with Gasteiger partial charge in [0.15, 0.2) is 0 Å². The second kappa shape index (κ2) is 9.48. The van der Waals surface area contributed by atoms with Crippen molar-refractivity contribution in [1.82, 2.24) is 0 Å². The molecule has 0 aliphatic rings. The zero-order valence-electron chi connectivity index (χ0n) is 7.14. The minimum atomic E-state index is 0.401. The number of hydrogen-bond donors (Lipinski definition) is 0. The molecule has 0 aromatic carbocycles. The molecule has 0 saturated carbocycles. The summed E-state index contributed by atoms with van der Waals surface area (Å²) < 4.78 is 10.2. The smallest absolute Gasteiger partial charge is 0.146 e. The lowest BCUT2D eigenvalue weighted by molar-refractivity contribution is -0.0537. The number of ether oxygens (including phenoxy) is 2. The minimum Gasteiger partial charge on any atom is -0.355 e. The van der Waals surface area contributed by atoms with Gasteiger partial charge in [-0.1, -0.05) is 6.92 Å². The van der Waals surface area contributed by atoms with E-state index in [1.807, 2.05) is 0 Å². The Morgan fingerprint density at radius 1 is 1.27 bits per heavy atom. The van der Waals surface area contributed by atoms with Crippen LogP contribution in [-0.2, 0) is 9.47 Å². The Morgan fingerprint density at radius 3 is 2.64 bits per heavy atom. The fraction of sp³-hybridized carbons (Fsp3) is 0.778. The van der Waals surface area contributed by atoms with Gasteiger partial charge in [-0.3, -0.25) is 0 Å². The molecule has 0 aromatic rings. The summed E-state index contributed by atoms with van der Waals surface area (Å²) in [5.74, 6) is 2.55. The molecule has 0 aliphatic heterocycles. The lowest BCUT2D eigenvalue weighted by atomic mass is 10.3. The largest absolute Gasteiger partial charge is 0.355 e. The monoisotopic (exact) mass is 156 g/mol. The van der Waals surface area contributed by atoms with E-state index in [1.54, 1.807) is 0 Å². The molecule has 2 heteroatoms. The van der Waals surface area contributed by atoms with Crippen LogP contribution in [0.4, 0.5) is 0 Å². The molecule has 0 amide bonds. The molecular formula is C9H16O2. The summed E-state index contributed by atoms with van der Waals surface area (Å²) >= 11 is 0. The van der Waals surface area contributed by atoms with Crippen molar-refractivity contribution in [3.8, 4) is 12.3 Å². The van der Waals surface area contributed by atoms with E-state index in [-0.39, 0.29) is 0 Å². The minimum absolute atomic E-state index is 0.401. The Balaban J connectivity index is 2.75. The van der Waals surface area contributed by atoms with Gasteiger partial charge in [-0.05, 0) is 12.8 Å². The first-order valence-corrected chi connectivity index (χ1v) is 4.00. The number of hydrogen-bond acceptors (Lipinski definition) is 2. The van der Waals surface area contributed by atoms with Crippen LogP contribution in [0, 0.1) is 12.3 Å². The van der Waals surface area contributed by atoms with Crippen molar-refractivity contribution in [2.24, 2.45) is 0 Å². The van der Waals surface area contributed by atoms with Crippen LogP contribution in [0.25, 0.3) is 0 Å². The van der Waals surface area contributed by atoms with Gasteiger partial charge < -0.3 is 9.47 Å². The van der Waals surface area contributed by atoms with Gasteiger partial charge in [-0.2, -0.15) is 0 Å². The van der Waals surface area contributed by atoms with Gasteiger partial charge in [0.2, 0.25) is 0 Å². The molecule has 0 rings (SSSR count). The fourth-order valence-electron chi connectivity index (χ4n) is 0.597. The average Bonchev–Trinajstić information content (AvgIpc) is 2.03. The molecular weight excluding hydrogens is 140 g/mol. The molecule has 2 nitrogen and oxygen atoms in total. The number of terminal acetylenes is 1. The third-order valence-electron chi connectivity index (χ3n) is 1.12. The SMILES string of the molecule is C#CCCCOCOCCC. The lowest BCUT2D eigenvalue weighted by Gasteiger charge is -2.02. The van der Waals surface area contributed by atoms with Gasteiger partial charge in [0.05, 0.1) is 6.61 Å². The molecule has 0 saturated heterocycles. The maximum absolute atomic E-state index is 5.12. The van der Waals surface area contributed by atoms with Crippen LogP contribution in [0.15, 0.2) is 0 Å². The van der Waals surface area contributed by atoms with Crippen molar-refractivity contribution in [2.75, 3.05) is 20.0 Å². The second-order valence-electron chi connectivity index (χ2n) is 2.24. The zero-order valence-corrected chi connectivity index (χ0v) is 7.14. The van der Waals surface area contributed by atoms with Crippen LogP contribution >= 0.6 is 0 Å². The molecule has 64 valence electrons. The molecule has 0 unspecified atom stereocenters. The van der Waals surface area contributed by atoms with E-state index in [2.05, 4.69) is 12.8 Å². The molecule has 0 atom stereocenters. The maximum Gasteiger partial charge on any atom is 0.146 e. The van der Waals surface area contributed by atoms with Crippen LogP contribution in [0.5, 0.6) is 0 Å². The second-order valence-corrected chi connectivity index (χ2v) is 2.24. The van der Waals surface area contributed by atoms with Gasteiger partial charge in [0, 0.05) is 13.0 Å². The van der Waals surface area contributed by atoms with E-state index in [4.69, 9.17) is 15.9 Å². The molecule has 0 spiro atoms. The standard InChI is InChI=1S/C9H16O2/c1-3-5-6-8-11-9-10-7-4-2/h1H,4-9H2,2H3. The third-order valence-corrected chi connectivity index (χ3v) is 1.12. The molecule has 0 radical (unpaired) electrons. The quantitative estimate of drug-likeness (QED) is 0.318. The van der Waals surface area contributed by atoms with Crippen molar-refractivity contribution in [3.63, 3.8) is 0 Å². The molecule has 0 N–H and O–H groups in total. The average molecular weight is 156 g/mol. The van der Waals surface area contributed by atoms with E-state index in [1.165, 1.54) is 0 Å². The molecule has 0 heterocycles. The highest BCUT2D eigenvalue weighted by molar-refractivity contribution is 4.82. The lowest BCUT2D eigenvalue weighted by Crippen LogP contribution is -2.01. The zero-order chi connectivity index (χ0) is 8.36. The van der Waals surface area contributed by atoms with Crippen molar-refractivity contribution < 1.29 is 9.47 Å². The first-order chi connectivity index (χ1) is 5.41. The van der Waals surface area contributed by atoms with E-state index in [0.717, 1.165) is 25.9 Å². The summed E-state index contributed by atoms with van der Waals surface area (Å²) in [6.45, 7) is 3.94. The highest BCUT2D eigenvalue weighted by Crippen LogP contribution is 1.88. The molecule has 0 aliphatic carbocycles. The van der Waals surface area contributed by atoms with Crippen LogP contribution in [0.1, 0.15) is 26.2 Å². The highest BCUT2D eigenvalue weighted by Gasteiger charge is 1.86. The Kier molecular flexibility index (Phi) is 9.03.